The predicted octanol–water partition coefficient (Wildman–Crippen LogP) is 2.38. The van der Waals surface area contributed by atoms with Gasteiger partial charge in [-0.3, -0.25) is 4.79 Å². The van der Waals surface area contributed by atoms with Crippen LogP contribution < -0.4 is 0 Å². The summed E-state index contributed by atoms with van der Waals surface area (Å²) in [6.07, 6.45) is 2.10. The molecule has 0 bridgehead atoms. The highest BCUT2D eigenvalue weighted by Crippen LogP contribution is 2.35. The third kappa shape index (κ3) is 3.18. The Kier molecular flexibility index (Phi) is 4.79. The number of β-amino-alcohol motifs (C(OH)–C–C–N with tert-alkyl or cyclic N) is 1. The van der Waals surface area contributed by atoms with Crippen molar-refractivity contribution in [2.45, 2.75) is 38.4 Å². The number of piperidine rings is 1. The molecule has 4 nitrogen and oxygen atoms in total. The van der Waals surface area contributed by atoms with E-state index in [1.54, 1.807) is 0 Å². The molecular formula is C18H25NO3. The monoisotopic (exact) mass is 303 g/mol. The minimum Gasteiger partial charge on any atom is -0.391 e. The Morgan fingerprint density at radius 1 is 1.27 bits per heavy atom. The van der Waals surface area contributed by atoms with Gasteiger partial charge in [-0.25, -0.2) is 0 Å². The average Bonchev–Trinajstić information content (AvgIpc) is 2.57. The molecule has 4 heteroatoms. The highest BCUT2D eigenvalue weighted by atomic mass is 16.5. The van der Waals surface area contributed by atoms with Crippen LogP contribution in [0.3, 0.4) is 0 Å². The van der Waals surface area contributed by atoms with Crippen LogP contribution in [0.4, 0.5) is 0 Å². The summed E-state index contributed by atoms with van der Waals surface area (Å²) >= 11 is 0. The van der Waals surface area contributed by atoms with Gasteiger partial charge in [-0.1, -0.05) is 37.3 Å². The number of nitrogens with zero attached hydrogens (tertiary/aromatic N) is 1. The van der Waals surface area contributed by atoms with Crippen LogP contribution in [0, 0.1) is 11.8 Å². The lowest BCUT2D eigenvalue weighted by atomic mass is 9.87. The lowest BCUT2D eigenvalue weighted by Gasteiger charge is -2.39. The summed E-state index contributed by atoms with van der Waals surface area (Å²) in [5, 5.41) is 10.1. The van der Waals surface area contributed by atoms with E-state index in [4.69, 9.17) is 4.74 Å². The van der Waals surface area contributed by atoms with Crippen molar-refractivity contribution in [2.75, 3.05) is 19.7 Å². The van der Waals surface area contributed by atoms with Crippen molar-refractivity contribution in [1.82, 2.24) is 4.90 Å². The third-order valence-electron chi connectivity index (χ3n) is 5.00. The van der Waals surface area contributed by atoms with Crippen molar-refractivity contribution in [3.8, 4) is 0 Å². The Hall–Kier alpha value is -1.39. The van der Waals surface area contributed by atoms with Crippen LogP contribution in [0.2, 0.25) is 0 Å². The van der Waals surface area contributed by atoms with Gasteiger partial charge in [-0.15, -0.1) is 0 Å². The smallest absolute Gasteiger partial charge is 0.228 e. The number of aliphatic hydroxyl groups is 1. The molecule has 2 aliphatic heterocycles. The quantitative estimate of drug-likeness (QED) is 0.912. The van der Waals surface area contributed by atoms with E-state index in [1.165, 1.54) is 0 Å². The van der Waals surface area contributed by atoms with Crippen LogP contribution in [-0.2, 0) is 9.53 Å². The number of hydrogen-bond acceptors (Lipinski definition) is 3. The molecule has 2 fully saturated rings. The number of amides is 1. The van der Waals surface area contributed by atoms with Gasteiger partial charge in [0.1, 0.15) is 0 Å². The molecule has 1 aromatic rings. The minimum absolute atomic E-state index is 0.128. The van der Waals surface area contributed by atoms with Crippen molar-refractivity contribution in [1.29, 1.82) is 0 Å². The summed E-state index contributed by atoms with van der Waals surface area (Å²) in [6.45, 7) is 3.96. The van der Waals surface area contributed by atoms with E-state index in [-0.39, 0.29) is 23.8 Å². The highest BCUT2D eigenvalue weighted by Gasteiger charge is 2.37. The molecule has 0 aromatic heterocycles. The van der Waals surface area contributed by atoms with Gasteiger partial charge in [0.05, 0.1) is 18.1 Å². The maximum Gasteiger partial charge on any atom is 0.228 e. The van der Waals surface area contributed by atoms with Gasteiger partial charge in [0.25, 0.3) is 0 Å². The van der Waals surface area contributed by atoms with E-state index < -0.39 is 6.10 Å². The highest BCUT2D eigenvalue weighted by molar-refractivity contribution is 5.80. The summed E-state index contributed by atoms with van der Waals surface area (Å²) in [4.78, 5) is 14.8. The second-order valence-electron chi connectivity index (χ2n) is 6.57. The van der Waals surface area contributed by atoms with Crippen molar-refractivity contribution in [3.63, 3.8) is 0 Å². The molecule has 1 N–H and O–H groups in total. The van der Waals surface area contributed by atoms with Gasteiger partial charge in [0.2, 0.25) is 5.91 Å². The van der Waals surface area contributed by atoms with Crippen molar-refractivity contribution >= 4 is 5.91 Å². The number of likely N-dealkylation sites (tertiary alicyclic amines) is 1. The SMILES string of the molecule is CC1CCN(C(=O)C2CCCOC2c2ccccc2)CC1O. The van der Waals surface area contributed by atoms with E-state index in [0.29, 0.717) is 13.2 Å². The number of rotatable bonds is 2. The topological polar surface area (TPSA) is 49.8 Å². The summed E-state index contributed by atoms with van der Waals surface area (Å²) in [7, 11) is 0. The van der Waals surface area contributed by atoms with Crippen LogP contribution in [-0.4, -0.2) is 41.7 Å². The van der Waals surface area contributed by atoms with Gasteiger partial charge >= 0.3 is 0 Å². The molecular weight excluding hydrogens is 278 g/mol. The van der Waals surface area contributed by atoms with Crippen LogP contribution in [0.15, 0.2) is 30.3 Å². The average molecular weight is 303 g/mol. The summed E-state index contributed by atoms with van der Waals surface area (Å²) in [5.41, 5.74) is 1.08. The fraction of sp³-hybridized carbons (Fsp3) is 0.611. The van der Waals surface area contributed by atoms with E-state index >= 15 is 0 Å². The van der Waals surface area contributed by atoms with E-state index in [2.05, 4.69) is 0 Å². The van der Waals surface area contributed by atoms with E-state index in [1.807, 2.05) is 42.2 Å². The largest absolute Gasteiger partial charge is 0.391 e. The lowest BCUT2D eigenvalue weighted by Crippen LogP contribution is -2.49. The minimum atomic E-state index is -0.405. The van der Waals surface area contributed by atoms with Crippen molar-refractivity contribution < 1.29 is 14.6 Å². The first kappa shape index (κ1) is 15.5. The normalized spacial score (nSPS) is 32.7. The molecule has 1 amide bonds. The maximum atomic E-state index is 12.9. The van der Waals surface area contributed by atoms with Crippen LogP contribution in [0.1, 0.15) is 37.9 Å². The number of benzene rings is 1. The zero-order valence-corrected chi connectivity index (χ0v) is 13.1. The third-order valence-corrected chi connectivity index (χ3v) is 5.00. The van der Waals surface area contributed by atoms with Crippen molar-refractivity contribution in [2.24, 2.45) is 11.8 Å². The second kappa shape index (κ2) is 6.80. The van der Waals surface area contributed by atoms with Crippen molar-refractivity contribution in [3.05, 3.63) is 35.9 Å². The molecule has 0 aliphatic carbocycles. The zero-order valence-electron chi connectivity index (χ0n) is 13.1. The summed E-state index contributed by atoms with van der Waals surface area (Å²) in [5.74, 6) is 0.285. The van der Waals surface area contributed by atoms with E-state index in [9.17, 15) is 9.90 Å². The second-order valence-corrected chi connectivity index (χ2v) is 6.57. The van der Waals surface area contributed by atoms with E-state index in [0.717, 1.165) is 31.4 Å². The van der Waals surface area contributed by atoms with Gasteiger partial charge in [0, 0.05) is 19.7 Å². The van der Waals surface area contributed by atoms with Gasteiger partial charge in [-0.2, -0.15) is 0 Å². The molecule has 22 heavy (non-hydrogen) atoms. The lowest BCUT2D eigenvalue weighted by molar-refractivity contribution is -0.149. The summed E-state index contributed by atoms with van der Waals surface area (Å²) in [6, 6.07) is 10.0. The number of carbonyl (C=O) groups excluding carboxylic acids is 1. The molecule has 0 spiro atoms. The first-order valence-corrected chi connectivity index (χ1v) is 8.30. The van der Waals surface area contributed by atoms with Gasteiger partial charge in [0.15, 0.2) is 0 Å². The molecule has 2 saturated heterocycles. The zero-order chi connectivity index (χ0) is 15.5. The number of aliphatic hydroxyl groups excluding tert-OH is 1. The fourth-order valence-corrected chi connectivity index (χ4v) is 3.49. The Labute approximate surface area is 132 Å². The van der Waals surface area contributed by atoms with Gasteiger partial charge in [-0.05, 0) is 30.7 Å². The van der Waals surface area contributed by atoms with Gasteiger partial charge < -0.3 is 14.7 Å². The number of hydrogen-bond donors (Lipinski definition) is 1. The first-order valence-electron chi connectivity index (χ1n) is 8.30. The Morgan fingerprint density at radius 3 is 2.77 bits per heavy atom. The predicted molar refractivity (Wildman–Crippen MR) is 84.2 cm³/mol. The number of ether oxygens (including phenoxy) is 1. The molecule has 3 rings (SSSR count). The van der Waals surface area contributed by atoms with Crippen LogP contribution in [0.5, 0.6) is 0 Å². The molecule has 4 unspecified atom stereocenters. The first-order chi connectivity index (χ1) is 10.7. The summed E-state index contributed by atoms with van der Waals surface area (Å²) < 4.78 is 5.93. The molecule has 0 radical (unpaired) electrons. The number of carbonyl (C=O) groups is 1. The molecule has 4 atom stereocenters. The fourth-order valence-electron chi connectivity index (χ4n) is 3.49. The Morgan fingerprint density at radius 2 is 2.05 bits per heavy atom. The standard InChI is InChI=1S/C18H25NO3/c1-13-9-10-19(12-16(13)20)18(21)15-8-5-11-22-17(15)14-6-3-2-4-7-14/h2-4,6-7,13,15-17,20H,5,8-12H2,1H3. The molecule has 0 saturated carbocycles. The Bertz CT molecular complexity index is 504. The molecule has 2 aliphatic rings. The molecule has 1 aromatic carbocycles. The van der Waals surface area contributed by atoms with Crippen LogP contribution >= 0.6 is 0 Å². The molecule has 120 valence electrons. The molecule has 2 heterocycles. The maximum absolute atomic E-state index is 12.9. The Balaban J connectivity index is 1.74. The van der Waals surface area contributed by atoms with Crippen LogP contribution in [0.25, 0.3) is 0 Å².